The van der Waals surface area contributed by atoms with Crippen LogP contribution in [0.2, 0.25) is 0 Å². The highest BCUT2D eigenvalue weighted by Crippen LogP contribution is 2.30. The van der Waals surface area contributed by atoms with Crippen LogP contribution in [0, 0.1) is 17.6 Å². The Morgan fingerprint density at radius 2 is 1.56 bits per heavy atom. The van der Waals surface area contributed by atoms with Crippen LogP contribution in [0.5, 0.6) is 11.5 Å². The number of aromatic nitrogens is 1. The third-order valence-corrected chi connectivity index (χ3v) is 11.1. The summed E-state index contributed by atoms with van der Waals surface area (Å²) in [5.41, 5.74) is 3.40. The molecule has 316 valence electrons. The molecule has 1 saturated heterocycles. The molecule has 1 aromatic heterocycles. The van der Waals surface area contributed by atoms with Crippen molar-refractivity contribution in [2.75, 3.05) is 39.4 Å². The van der Waals surface area contributed by atoms with Gasteiger partial charge in [-0.1, -0.05) is 84.9 Å². The second-order valence-corrected chi connectivity index (χ2v) is 15.4. The van der Waals surface area contributed by atoms with Crippen molar-refractivity contribution < 1.29 is 33.0 Å². The first-order valence-corrected chi connectivity index (χ1v) is 20.7. The van der Waals surface area contributed by atoms with E-state index in [-0.39, 0.29) is 42.5 Å². The molecule has 12 heteroatoms. The van der Waals surface area contributed by atoms with E-state index >= 15 is 8.78 Å². The predicted octanol–water partition coefficient (Wildman–Crippen LogP) is 7.63. The number of nitrogens with one attached hydrogen (secondary N) is 3. The number of H-pyrrole nitrogens is 1. The van der Waals surface area contributed by atoms with Crippen molar-refractivity contribution >= 4 is 22.8 Å². The van der Waals surface area contributed by atoms with Gasteiger partial charge in [0.15, 0.2) is 11.6 Å². The van der Waals surface area contributed by atoms with E-state index in [1.54, 1.807) is 18.2 Å². The first-order chi connectivity index (χ1) is 29.7. The fourth-order valence-electron chi connectivity index (χ4n) is 7.75. The van der Waals surface area contributed by atoms with Gasteiger partial charge in [0, 0.05) is 36.7 Å². The van der Waals surface area contributed by atoms with E-state index in [0.717, 1.165) is 49.2 Å². The van der Waals surface area contributed by atoms with Gasteiger partial charge in [-0.3, -0.25) is 19.3 Å². The highest BCUT2D eigenvalue weighted by Gasteiger charge is 2.27. The Balaban J connectivity index is 0.859. The summed E-state index contributed by atoms with van der Waals surface area (Å²) in [5.74, 6) is -3.21. The molecule has 1 atom stereocenters. The van der Waals surface area contributed by atoms with Crippen LogP contribution < -0.4 is 20.9 Å². The summed E-state index contributed by atoms with van der Waals surface area (Å²) in [5, 5.41) is 16.5. The van der Waals surface area contributed by atoms with Crippen molar-refractivity contribution in [1.29, 1.82) is 0 Å². The summed E-state index contributed by atoms with van der Waals surface area (Å²) in [6.07, 6.45) is 2.82. The number of pyridine rings is 1. The number of phenols is 1. The SMILES string of the molecule is O=C(NCCCOc1cccc(C(C(=O)OCC2CCN(Cc3ccccc3)CC2)c2ccccc2)c1)c1ccc(CNCCc2ccc(O)c3[nH]c(=O)ccc23)c(F)c1F. The van der Waals surface area contributed by atoms with Gasteiger partial charge in [-0.05, 0) is 104 Å². The molecule has 1 unspecified atom stereocenters. The average Bonchev–Trinajstić information content (AvgIpc) is 3.28. The van der Waals surface area contributed by atoms with Crippen LogP contribution in [0.25, 0.3) is 10.9 Å². The Hall–Kier alpha value is -6.37. The van der Waals surface area contributed by atoms with Gasteiger partial charge >= 0.3 is 5.97 Å². The number of amides is 1. The molecule has 1 aliphatic rings. The van der Waals surface area contributed by atoms with Crippen LogP contribution in [-0.2, 0) is 29.0 Å². The minimum atomic E-state index is -1.23. The third-order valence-electron chi connectivity index (χ3n) is 11.1. The Bertz CT molecular complexity index is 2470. The summed E-state index contributed by atoms with van der Waals surface area (Å²) in [6.45, 7) is 4.03. The number of aromatic amines is 1. The van der Waals surface area contributed by atoms with Crippen molar-refractivity contribution in [1.82, 2.24) is 20.5 Å². The van der Waals surface area contributed by atoms with E-state index in [1.165, 1.54) is 29.8 Å². The number of esters is 1. The first-order valence-electron chi connectivity index (χ1n) is 20.7. The number of nitrogens with zero attached hydrogens (tertiary/aromatic N) is 1. The van der Waals surface area contributed by atoms with Crippen molar-refractivity contribution in [2.24, 2.45) is 5.92 Å². The Kier molecular flexibility index (Phi) is 14.5. The Morgan fingerprint density at radius 1 is 0.820 bits per heavy atom. The molecule has 1 aliphatic heterocycles. The van der Waals surface area contributed by atoms with Crippen molar-refractivity contribution in [2.45, 2.75) is 44.7 Å². The van der Waals surface area contributed by atoms with Gasteiger partial charge in [0.05, 0.1) is 24.3 Å². The maximum Gasteiger partial charge on any atom is 0.317 e. The number of rotatable bonds is 18. The van der Waals surface area contributed by atoms with Gasteiger partial charge in [-0.2, -0.15) is 0 Å². The molecule has 0 radical (unpaired) electrons. The monoisotopic (exact) mass is 828 g/mol. The number of likely N-dealkylation sites (tertiary alicyclic amines) is 1. The summed E-state index contributed by atoms with van der Waals surface area (Å²) >= 11 is 0. The molecule has 5 aromatic carbocycles. The molecule has 7 rings (SSSR count). The zero-order chi connectivity index (χ0) is 42.6. The number of phenolic OH excluding ortho intramolecular Hbond substituents is 1. The van der Waals surface area contributed by atoms with Crippen molar-refractivity contribution in [3.05, 3.63) is 177 Å². The number of carbonyl (C=O) groups excluding carboxylic acids is 2. The van der Waals surface area contributed by atoms with E-state index < -0.39 is 29.0 Å². The molecule has 0 bridgehead atoms. The lowest BCUT2D eigenvalue weighted by Gasteiger charge is -2.32. The van der Waals surface area contributed by atoms with E-state index in [9.17, 15) is 19.5 Å². The van der Waals surface area contributed by atoms with Crippen LogP contribution in [0.3, 0.4) is 0 Å². The highest BCUT2D eigenvalue weighted by molar-refractivity contribution is 5.94. The molecule has 4 N–H and O–H groups in total. The molecular weight excluding hydrogens is 779 g/mol. The molecule has 0 saturated carbocycles. The molecule has 6 aromatic rings. The molecule has 1 amide bonds. The van der Waals surface area contributed by atoms with E-state index in [4.69, 9.17) is 9.47 Å². The van der Waals surface area contributed by atoms with Gasteiger partial charge in [0.1, 0.15) is 17.4 Å². The number of piperidine rings is 1. The van der Waals surface area contributed by atoms with Gasteiger partial charge < -0.3 is 30.2 Å². The third kappa shape index (κ3) is 11.3. The molecular formula is C49H50F2N4O6. The molecule has 0 aliphatic carbocycles. The van der Waals surface area contributed by atoms with Gasteiger partial charge in [0.2, 0.25) is 5.56 Å². The number of hydrogen-bond donors (Lipinski definition) is 4. The number of fused-ring (bicyclic) bond motifs is 1. The summed E-state index contributed by atoms with van der Waals surface area (Å²) in [6, 6.07) is 36.2. The van der Waals surface area contributed by atoms with Crippen LogP contribution in [-0.4, -0.2) is 66.3 Å². The molecule has 61 heavy (non-hydrogen) atoms. The molecule has 0 spiro atoms. The van der Waals surface area contributed by atoms with Crippen molar-refractivity contribution in [3.63, 3.8) is 0 Å². The van der Waals surface area contributed by atoms with Crippen LogP contribution in [0.15, 0.2) is 126 Å². The Morgan fingerprint density at radius 3 is 2.34 bits per heavy atom. The summed E-state index contributed by atoms with van der Waals surface area (Å²) < 4.78 is 42.1. The highest BCUT2D eigenvalue weighted by atomic mass is 19.2. The van der Waals surface area contributed by atoms with Crippen LogP contribution in [0.1, 0.15) is 63.4 Å². The average molecular weight is 829 g/mol. The largest absolute Gasteiger partial charge is 0.506 e. The number of halogens is 2. The molecule has 10 nitrogen and oxygen atoms in total. The number of hydrogen-bond acceptors (Lipinski definition) is 8. The smallest absolute Gasteiger partial charge is 0.317 e. The van der Waals surface area contributed by atoms with E-state index in [2.05, 4.69) is 44.8 Å². The second kappa shape index (κ2) is 20.7. The topological polar surface area (TPSA) is 133 Å². The minimum Gasteiger partial charge on any atom is -0.506 e. The number of carbonyl (C=O) groups is 2. The number of aromatic hydroxyl groups is 1. The standard InChI is InChI=1S/C49H50F2N4O6/c50-45-38(30-52-25-21-35-16-19-42(56)47-40(35)18-20-43(57)54-47)15-17-41(46(45)51)48(58)53-24-8-28-60-39-14-7-13-37(29-39)44(36-11-5-2-6-12-36)49(59)61-32-34-22-26-55(27-23-34)31-33-9-3-1-4-10-33/h1-7,9-20,29,34,44,52,56H,8,21-28,30-32H2,(H,53,58)(H,54,57). The summed E-state index contributed by atoms with van der Waals surface area (Å²) in [4.78, 5) is 43.3. The second-order valence-electron chi connectivity index (χ2n) is 15.4. The lowest BCUT2D eigenvalue weighted by molar-refractivity contribution is -0.146. The zero-order valence-electron chi connectivity index (χ0n) is 33.9. The normalized spacial score (nSPS) is 13.8. The minimum absolute atomic E-state index is 0.0264. The number of ether oxygens (including phenoxy) is 2. The first kappa shape index (κ1) is 42.7. The predicted molar refractivity (Wildman–Crippen MR) is 231 cm³/mol. The maximum absolute atomic E-state index is 15.1. The Labute approximate surface area is 353 Å². The summed E-state index contributed by atoms with van der Waals surface area (Å²) in [7, 11) is 0. The maximum atomic E-state index is 15.1. The lowest BCUT2D eigenvalue weighted by atomic mass is 9.91. The van der Waals surface area contributed by atoms with Crippen LogP contribution in [0.4, 0.5) is 8.78 Å². The van der Waals surface area contributed by atoms with E-state index in [0.29, 0.717) is 48.6 Å². The van der Waals surface area contributed by atoms with Crippen molar-refractivity contribution in [3.8, 4) is 11.5 Å². The van der Waals surface area contributed by atoms with E-state index in [1.807, 2.05) is 54.6 Å². The lowest BCUT2D eigenvalue weighted by Crippen LogP contribution is -2.35. The zero-order valence-corrected chi connectivity index (χ0v) is 33.9. The fraction of sp³-hybridized carbons (Fsp3) is 0.286. The van der Waals surface area contributed by atoms with Gasteiger partial charge in [-0.25, -0.2) is 8.78 Å². The fourth-order valence-corrected chi connectivity index (χ4v) is 7.75. The van der Waals surface area contributed by atoms with Crippen LogP contribution >= 0.6 is 0 Å². The quantitative estimate of drug-likeness (QED) is 0.0514. The number of benzene rings is 5. The van der Waals surface area contributed by atoms with Gasteiger partial charge in [-0.15, -0.1) is 0 Å². The van der Waals surface area contributed by atoms with Gasteiger partial charge in [0.25, 0.3) is 5.91 Å². The molecule has 2 heterocycles. The molecule has 1 fully saturated rings.